The Hall–Kier alpha value is -5.86. The molecule has 206 valence electrons. The number of rotatable bonds is 5. The second-order valence-corrected chi connectivity index (χ2v) is 11.1. The fourth-order valence-electron chi connectivity index (χ4n) is 6.16. The van der Waals surface area contributed by atoms with Crippen LogP contribution in [0.3, 0.4) is 0 Å². The Kier molecular flexibility index (Phi) is 6.51. The van der Waals surface area contributed by atoms with Gasteiger partial charge in [-0.3, -0.25) is 4.98 Å². The molecule has 2 aromatic heterocycles. The lowest BCUT2D eigenvalue weighted by atomic mass is 9.90. The third-order valence-corrected chi connectivity index (χ3v) is 8.30. The minimum absolute atomic E-state index is 0.933. The van der Waals surface area contributed by atoms with Crippen LogP contribution in [0.25, 0.3) is 77.4 Å². The molecule has 2 heterocycles. The molecule has 0 radical (unpaired) electrons. The van der Waals surface area contributed by atoms with Crippen LogP contribution in [0.5, 0.6) is 0 Å². The highest BCUT2D eigenvalue weighted by Gasteiger charge is 2.15. The SMILES string of the molecule is c1ccc(-c2cc(-c3ccccc3)nc(-c3cc(-c4cccnc4)cc(-c4cc5ccccc5c5ccccc45)c3)c2)cc1. The standard InChI is InChI=1S/C42H28N2/c1-3-12-29(13-4-1)34-26-41(30-14-5-2-6-15-30)44-42(27-34)36-23-33(32-17-11-21-43-28-32)22-35(24-36)40-25-31-16-7-8-18-37(31)38-19-9-10-20-39(38)40/h1-28H. The van der Waals surface area contributed by atoms with Gasteiger partial charge in [-0.1, -0.05) is 115 Å². The molecular formula is C42H28N2. The minimum Gasteiger partial charge on any atom is -0.264 e. The highest BCUT2D eigenvalue weighted by molar-refractivity contribution is 6.14. The zero-order valence-electron chi connectivity index (χ0n) is 24.1. The van der Waals surface area contributed by atoms with Crippen LogP contribution in [0.4, 0.5) is 0 Å². The highest BCUT2D eigenvalue weighted by Crippen LogP contribution is 2.39. The molecule has 44 heavy (non-hydrogen) atoms. The molecule has 0 N–H and O–H groups in total. The number of hydrogen-bond donors (Lipinski definition) is 0. The summed E-state index contributed by atoms with van der Waals surface area (Å²) >= 11 is 0. The molecule has 8 aromatic rings. The molecule has 0 amide bonds. The molecule has 0 spiro atoms. The largest absolute Gasteiger partial charge is 0.264 e. The Morgan fingerprint density at radius 3 is 1.66 bits per heavy atom. The Labute approximate surface area is 257 Å². The number of aromatic nitrogens is 2. The van der Waals surface area contributed by atoms with Gasteiger partial charge < -0.3 is 0 Å². The van der Waals surface area contributed by atoms with Gasteiger partial charge >= 0.3 is 0 Å². The van der Waals surface area contributed by atoms with Crippen molar-refractivity contribution >= 4 is 21.5 Å². The summed E-state index contributed by atoms with van der Waals surface area (Å²) < 4.78 is 0. The topological polar surface area (TPSA) is 25.8 Å². The summed E-state index contributed by atoms with van der Waals surface area (Å²) in [5.41, 5.74) is 10.9. The summed E-state index contributed by atoms with van der Waals surface area (Å²) in [4.78, 5) is 9.71. The van der Waals surface area contributed by atoms with Gasteiger partial charge in [0.2, 0.25) is 0 Å². The monoisotopic (exact) mass is 560 g/mol. The first-order valence-electron chi connectivity index (χ1n) is 14.9. The van der Waals surface area contributed by atoms with Crippen LogP contribution in [0.2, 0.25) is 0 Å². The summed E-state index contributed by atoms with van der Waals surface area (Å²) in [5.74, 6) is 0. The van der Waals surface area contributed by atoms with Crippen molar-refractivity contribution < 1.29 is 0 Å². The van der Waals surface area contributed by atoms with Gasteiger partial charge in [0, 0.05) is 29.1 Å². The number of nitrogens with zero attached hydrogens (tertiary/aromatic N) is 2. The predicted molar refractivity (Wildman–Crippen MR) is 184 cm³/mol. The fraction of sp³-hybridized carbons (Fsp3) is 0. The maximum absolute atomic E-state index is 5.27. The summed E-state index contributed by atoms with van der Waals surface area (Å²) in [6, 6.07) is 56.0. The lowest BCUT2D eigenvalue weighted by molar-refractivity contribution is 1.32. The molecule has 6 aromatic carbocycles. The average molecular weight is 561 g/mol. The van der Waals surface area contributed by atoms with Crippen molar-refractivity contribution in [3.63, 3.8) is 0 Å². The van der Waals surface area contributed by atoms with Crippen LogP contribution < -0.4 is 0 Å². The average Bonchev–Trinajstić information content (AvgIpc) is 3.12. The molecule has 0 aliphatic heterocycles. The fourth-order valence-corrected chi connectivity index (χ4v) is 6.16. The Bertz CT molecular complexity index is 2200. The lowest BCUT2D eigenvalue weighted by Gasteiger charge is -2.15. The number of pyridine rings is 2. The third-order valence-electron chi connectivity index (χ3n) is 8.30. The van der Waals surface area contributed by atoms with Gasteiger partial charge in [0.1, 0.15) is 0 Å². The van der Waals surface area contributed by atoms with Gasteiger partial charge in [0.25, 0.3) is 0 Å². The van der Waals surface area contributed by atoms with Gasteiger partial charge in [-0.2, -0.15) is 0 Å². The number of hydrogen-bond acceptors (Lipinski definition) is 2. The van der Waals surface area contributed by atoms with Crippen LogP contribution in [-0.2, 0) is 0 Å². The van der Waals surface area contributed by atoms with Gasteiger partial charge in [0.15, 0.2) is 0 Å². The van der Waals surface area contributed by atoms with Gasteiger partial charge in [-0.05, 0) is 91.8 Å². The number of fused-ring (bicyclic) bond motifs is 3. The van der Waals surface area contributed by atoms with E-state index in [9.17, 15) is 0 Å². The quantitative estimate of drug-likeness (QED) is 0.196. The first-order chi connectivity index (χ1) is 21.8. The number of benzene rings is 6. The maximum Gasteiger partial charge on any atom is 0.0716 e. The normalized spacial score (nSPS) is 11.2. The molecule has 0 unspecified atom stereocenters. The second kappa shape index (κ2) is 11.1. The first kappa shape index (κ1) is 25.8. The summed E-state index contributed by atoms with van der Waals surface area (Å²) in [6.07, 6.45) is 3.76. The van der Waals surface area contributed by atoms with Crippen LogP contribution in [0.1, 0.15) is 0 Å². The van der Waals surface area contributed by atoms with Crippen LogP contribution >= 0.6 is 0 Å². The van der Waals surface area contributed by atoms with Crippen LogP contribution in [0, 0.1) is 0 Å². The Morgan fingerprint density at radius 1 is 0.341 bits per heavy atom. The van der Waals surface area contributed by atoms with Crippen molar-refractivity contribution in [2.45, 2.75) is 0 Å². The van der Waals surface area contributed by atoms with E-state index in [2.05, 4.69) is 151 Å². The van der Waals surface area contributed by atoms with E-state index >= 15 is 0 Å². The molecule has 0 atom stereocenters. The molecule has 0 saturated heterocycles. The van der Waals surface area contributed by atoms with Crippen molar-refractivity contribution in [1.82, 2.24) is 9.97 Å². The molecule has 2 heteroatoms. The highest BCUT2D eigenvalue weighted by atomic mass is 14.7. The van der Waals surface area contributed by atoms with Gasteiger partial charge in [-0.15, -0.1) is 0 Å². The molecule has 0 bridgehead atoms. The summed E-state index contributed by atoms with van der Waals surface area (Å²) in [6.45, 7) is 0. The Balaban J connectivity index is 1.41. The van der Waals surface area contributed by atoms with Crippen LogP contribution in [-0.4, -0.2) is 9.97 Å². The summed E-state index contributed by atoms with van der Waals surface area (Å²) in [7, 11) is 0. The molecule has 0 aliphatic rings. The molecule has 2 nitrogen and oxygen atoms in total. The molecule has 0 aliphatic carbocycles. The molecule has 0 fully saturated rings. The molecular weight excluding hydrogens is 532 g/mol. The smallest absolute Gasteiger partial charge is 0.0716 e. The van der Waals surface area contributed by atoms with Crippen LogP contribution in [0.15, 0.2) is 170 Å². The maximum atomic E-state index is 5.27. The van der Waals surface area contributed by atoms with E-state index in [1.807, 2.05) is 24.5 Å². The van der Waals surface area contributed by atoms with Gasteiger partial charge in [0.05, 0.1) is 11.4 Å². The molecule has 8 rings (SSSR count). The summed E-state index contributed by atoms with van der Waals surface area (Å²) in [5, 5.41) is 4.98. The van der Waals surface area contributed by atoms with E-state index in [0.29, 0.717) is 0 Å². The van der Waals surface area contributed by atoms with Crippen molar-refractivity contribution in [2.75, 3.05) is 0 Å². The van der Waals surface area contributed by atoms with E-state index in [1.165, 1.54) is 27.1 Å². The van der Waals surface area contributed by atoms with E-state index in [4.69, 9.17) is 4.98 Å². The van der Waals surface area contributed by atoms with E-state index in [1.54, 1.807) is 0 Å². The zero-order valence-corrected chi connectivity index (χ0v) is 24.1. The van der Waals surface area contributed by atoms with E-state index in [-0.39, 0.29) is 0 Å². The van der Waals surface area contributed by atoms with Crippen molar-refractivity contribution in [1.29, 1.82) is 0 Å². The van der Waals surface area contributed by atoms with E-state index < -0.39 is 0 Å². The van der Waals surface area contributed by atoms with Crippen molar-refractivity contribution in [3.8, 4) is 55.9 Å². The second-order valence-electron chi connectivity index (χ2n) is 11.1. The Morgan fingerprint density at radius 2 is 0.909 bits per heavy atom. The zero-order chi connectivity index (χ0) is 29.3. The first-order valence-corrected chi connectivity index (χ1v) is 14.9. The minimum atomic E-state index is 0.933. The van der Waals surface area contributed by atoms with Crippen molar-refractivity contribution in [3.05, 3.63) is 170 Å². The predicted octanol–water partition coefficient (Wildman–Crippen LogP) is 11.1. The lowest BCUT2D eigenvalue weighted by Crippen LogP contribution is -1.93. The van der Waals surface area contributed by atoms with E-state index in [0.717, 1.165) is 50.3 Å². The third kappa shape index (κ3) is 4.83. The van der Waals surface area contributed by atoms with Gasteiger partial charge in [-0.25, -0.2) is 4.98 Å². The van der Waals surface area contributed by atoms with Crippen molar-refractivity contribution in [2.24, 2.45) is 0 Å². The molecule has 0 saturated carbocycles.